The van der Waals surface area contributed by atoms with Crippen LogP contribution in [-0.2, 0) is 12.8 Å². The number of benzene rings is 1. The summed E-state index contributed by atoms with van der Waals surface area (Å²) in [6.07, 6.45) is 5.59. The van der Waals surface area contributed by atoms with Crippen LogP contribution in [0, 0.1) is 12.3 Å². The van der Waals surface area contributed by atoms with Gasteiger partial charge < -0.3 is 0 Å². The molecule has 0 bridgehead atoms. The number of para-hydroxylation sites is 1. The van der Waals surface area contributed by atoms with Gasteiger partial charge in [-0.3, -0.25) is 0 Å². The van der Waals surface area contributed by atoms with Crippen molar-refractivity contribution in [3.05, 3.63) is 36.2 Å². The zero-order chi connectivity index (χ0) is 14.3. The molecule has 0 aliphatic carbocycles. The molecule has 1 aliphatic heterocycles. The largest absolute Gasteiger partial charge is 0.211 e. The van der Waals surface area contributed by atoms with E-state index in [0.717, 1.165) is 19.3 Å². The second-order valence-corrected chi connectivity index (χ2v) is 6.77. The van der Waals surface area contributed by atoms with Crippen LogP contribution in [0.25, 0.3) is 0 Å². The van der Waals surface area contributed by atoms with Crippen molar-refractivity contribution < 1.29 is 4.58 Å². The molecule has 1 heteroatoms. The minimum atomic E-state index is 0.0371. The van der Waals surface area contributed by atoms with Gasteiger partial charge in [-0.15, -0.1) is 0 Å². The zero-order valence-corrected chi connectivity index (χ0v) is 13.1. The third-order valence-electron chi connectivity index (χ3n) is 4.14. The summed E-state index contributed by atoms with van der Waals surface area (Å²) in [6, 6.07) is 6.71. The lowest BCUT2D eigenvalue weighted by Gasteiger charge is -2.20. The average Bonchev–Trinajstić information content (AvgIpc) is 2.55. The van der Waals surface area contributed by atoms with Crippen LogP contribution in [0.1, 0.15) is 52.2 Å². The maximum Gasteiger partial charge on any atom is 0.211 e. The highest BCUT2D eigenvalue weighted by atomic mass is 15.1. The Morgan fingerprint density at radius 2 is 1.63 bits per heavy atom. The number of rotatable bonds is 3. The van der Waals surface area contributed by atoms with E-state index in [1.54, 1.807) is 0 Å². The first-order valence-electron chi connectivity index (χ1n) is 7.42. The number of aryl methyl sites for hydroxylation is 2. The quantitative estimate of drug-likeness (QED) is 0.552. The van der Waals surface area contributed by atoms with E-state index in [0.29, 0.717) is 0 Å². The Labute approximate surface area is 118 Å². The first-order valence-corrected chi connectivity index (χ1v) is 7.42. The van der Waals surface area contributed by atoms with Crippen molar-refractivity contribution >= 4 is 11.9 Å². The Bertz CT molecular complexity index is 484. The first kappa shape index (κ1) is 14.2. The monoisotopic (exact) mass is 257 g/mol. The summed E-state index contributed by atoms with van der Waals surface area (Å²) in [5.41, 5.74) is 4.49. The van der Waals surface area contributed by atoms with Gasteiger partial charge in [0.15, 0.2) is 17.2 Å². The van der Waals surface area contributed by atoms with E-state index in [2.05, 4.69) is 70.5 Å². The van der Waals surface area contributed by atoms with Crippen LogP contribution in [0.15, 0.2) is 18.2 Å². The highest BCUT2D eigenvalue weighted by molar-refractivity contribution is 5.67. The zero-order valence-electron chi connectivity index (χ0n) is 13.1. The summed E-state index contributed by atoms with van der Waals surface area (Å²) in [6.45, 7) is 15.7. The van der Waals surface area contributed by atoms with Crippen LogP contribution >= 0.6 is 0 Å². The molecule has 19 heavy (non-hydrogen) atoms. The predicted octanol–water partition coefficient (Wildman–Crippen LogP) is 4.55. The standard InChI is InChI=1S/C18H27N/c1-7-14-10-9-11-15(8-2)16(14)19-13-17(3,4)12-18(19,5)6/h9-11,13H,3,7-8,12H2,1-2,4-6H3/q+2. The van der Waals surface area contributed by atoms with Gasteiger partial charge in [-0.25, -0.2) is 0 Å². The van der Waals surface area contributed by atoms with Gasteiger partial charge >= 0.3 is 0 Å². The lowest BCUT2D eigenvalue weighted by molar-refractivity contribution is -0.512. The molecule has 1 aliphatic rings. The van der Waals surface area contributed by atoms with Crippen molar-refractivity contribution in [2.45, 2.75) is 59.4 Å². The molecule has 1 atom stereocenters. The highest BCUT2D eigenvalue weighted by Crippen LogP contribution is 2.41. The average molecular weight is 257 g/mol. The predicted molar refractivity (Wildman–Crippen MR) is 83.3 cm³/mol. The third kappa shape index (κ3) is 2.56. The highest BCUT2D eigenvalue weighted by Gasteiger charge is 2.51. The Balaban J connectivity index is 2.64. The summed E-state index contributed by atoms with van der Waals surface area (Å²) in [4.78, 5) is 0. The van der Waals surface area contributed by atoms with Crippen LogP contribution in [0.2, 0.25) is 0 Å². The van der Waals surface area contributed by atoms with Gasteiger partial charge in [-0.05, 0) is 19.8 Å². The number of nitrogens with zero attached hydrogens (tertiary/aromatic N) is 1. The molecule has 102 valence electrons. The van der Waals surface area contributed by atoms with Gasteiger partial charge in [0.2, 0.25) is 5.69 Å². The van der Waals surface area contributed by atoms with Gasteiger partial charge in [0.05, 0.1) is 13.3 Å². The smallest absolute Gasteiger partial charge is 0.193 e. The summed E-state index contributed by atoms with van der Waals surface area (Å²) < 4.78 is 2.48. The molecule has 2 rings (SSSR count). The molecular formula is C18H27N+2. The van der Waals surface area contributed by atoms with Crippen molar-refractivity contribution in [3.63, 3.8) is 0 Å². The lowest BCUT2D eigenvalue weighted by atomic mass is 9.85. The van der Waals surface area contributed by atoms with Crippen molar-refractivity contribution in [2.24, 2.45) is 5.41 Å². The van der Waals surface area contributed by atoms with E-state index in [1.807, 2.05) is 0 Å². The van der Waals surface area contributed by atoms with E-state index in [9.17, 15) is 0 Å². The lowest BCUT2D eigenvalue weighted by Crippen LogP contribution is -2.30. The molecular weight excluding hydrogens is 230 g/mol. The molecule has 1 aromatic carbocycles. The van der Waals surface area contributed by atoms with Gasteiger partial charge in [0.1, 0.15) is 0 Å². The molecule has 1 nitrogen and oxygen atoms in total. The number of hydrogen-bond acceptors (Lipinski definition) is 0. The van der Waals surface area contributed by atoms with E-state index in [-0.39, 0.29) is 11.0 Å². The Morgan fingerprint density at radius 1 is 1.11 bits per heavy atom. The Morgan fingerprint density at radius 3 is 2.00 bits per heavy atom. The van der Waals surface area contributed by atoms with Gasteiger partial charge in [-0.2, -0.15) is 4.58 Å². The molecule has 1 heterocycles. The van der Waals surface area contributed by atoms with Crippen molar-refractivity contribution in [2.75, 3.05) is 0 Å². The molecule has 0 saturated carbocycles. The van der Waals surface area contributed by atoms with Gasteiger partial charge in [-0.1, -0.05) is 32.0 Å². The second kappa shape index (κ2) is 4.70. The Hall–Kier alpha value is -1.24. The number of hydrogen-bond donors (Lipinski definition) is 0. The van der Waals surface area contributed by atoms with Crippen molar-refractivity contribution in [1.29, 1.82) is 0 Å². The molecule has 0 spiro atoms. The molecule has 0 radical (unpaired) electrons. The van der Waals surface area contributed by atoms with Crippen LogP contribution in [0.4, 0.5) is 5.69 Å². The SMILES string of the molecule is [CH2+]C1(C)C=[N+](c2c(CC)cccc2CC)C(C)(C)C1. The van der Waals surface area contributed by atoms with Gasteiger partial charge in [0.25, 0.3) is 0 Å². The summed E-state index contributed by atoms with van der Waals surface area (Å²) >= 11 is 0. The summed E-state index contributed by atoms with van der Waals surface area (Å²) in [5, 5.41) is 0. The van der Waals surface area contributed by atoms with Crippen molar-refractivity contribution in [1.82, 2.24) is 0 Å². The van der Waals surface area contributed by atoms with E-state index >= 15 is 0 Å². The maximum atomic E-state index is 4.35. The fraction of sp³-hybridized carbons (Fsp3) is 0.556. The minimum absolute atomic E-state index is 0.0371. The topological polar surface area (TPSA) is 3.01 Å². The third-order valence-corrected chi connectivity index (χ3v) is 4.14. The normalized spacial score (nSPS) is 25.4. The van der Waals surface area contributed by atoms with Gasteiger partial charge in [0, 0.05) is 25.0 Å². The van der Waals surface area contributed by atoms with Crippen LogP contribution in [0.3, 0.4) is 0 Å². The molecule has 1 unspecified atom stereocenters. The van der Waals surface area contributed by atoms with Crippen LogP contribution < -0.4 is 0 Å². The first-order chi connectivity index (χ1) is 8.80. The molecule has 0 saturated heterocycles. The van der Waals surface area contributed by atoms with Crippen LogP contribution in [0.5, 0.6) is 0 Å². The molecule has 0 aromatic heterocycles. The molecule has 0 amide bonds. The van der Waals surface area contributed by atoms with Crippen molar-refractivity contribution in [3.8, 4) is 0 Å². The fourth-order valence-electron chi connectivity index (χ4n) is 3.50. The molecule has 0 fully saturated rings. The minimum Gasteiger partial charge on any atom is -0.193 e. The second-order valence-electron chi connectivity index (χ2n) is 6.77. The summed E-state index contributed by atoms with van der Waals surface area (Å²) in [5.74, 6) is 0. The summed E-state index contributed by atoms with van der Waals surface area (Å²) in [7, 11) is 0. The van der Waals surface area contributed by atoms with E-state index < -0.39 is 0 Å². The van der Waals surface area contributed by atoms with Crippen LogP contribution in [-0.4, -0.2) is 16.3 Å². The van der Waals surface area contributed by atoms with E-state index in [1.165, 1.54) is 16.8 Å². The molecule has 1 aromatic rings. The fourth-order valence-corrected chi connectivity index (χ4v) is 3.50. The molecule has 0 N–H and O–H groups in total. The Kier molecular flexibility index (Phi) is 3.51. The van der Waals surface area contributed by atoms with E-state index in [4.69, 9.17) is 0 Å². The maximum absolute atomic E-state index is 4.35.